The molecule has 0 fully saturated rings. The Bertz CT molecular complexity index is 1020. The van der Waals surface area contributed by atoms with Crippen LogP contribution >= 0.6 is 0 Å². The summed E-state index contributed by atoms with van der Waals surface area (Å²) >= 11 is 0. The highest BCUT2D eigenvalue weighted by molar-refractivity contribution is 5.91. The Morgan fingerprint density at radius 3 is 2.77 bits per heavy atom. The number of hydrogen-bond donors (Lipinski definition) is 2. The van der Waals surface area contributed by atoms with Crippen molar-refractivity contribution in [3.63, 3.8) is 0 Å². The van der Waals surface area contributed by atoms with Crippen molar-refractivity contribution in [2.45, 2.75) is 13.0 Å². The van der Waals surface area contributed by atoms with Gasteiger partial charge in [0.05, 0.1) is 12.7 Å². The average Bonchev–Trinajstić information content (AvgIpc) is 3.30. The molecule has 0 saturated heterocycles. The molecule has 4 rings (SSSR count). The number of amides is 1. The first-order valence-corrected chi connectivity index (χ1v) is 8.57. The van der Waals surface area contributed by atoms with Gasteiger partial charge in [-0.2, -0.15) is 0 Å². The first-order chi connectivity index (χ1) is 12.8. The fourth-order valence-electron chi connectivity index (χ4n) is 2.99. The van der Waals surface area contributed by atoms with Crippen LogP contribution in [0.5, 0.6) is 0 Å². The molecule has 0 atom stereocenters. The van der Waals surface area contributed by atoms with Crippen LogP contribution in [0.25, 0.3) is 10.9 Å². The van der Waals surface area contributed by atoms with Crippen molar-refractivity contribution in [3.8, 4) is 0 Å². The molecule has 0 aliphatic carbocycles. The van der Waals surface area contributed by atoms with Gasteiger partial charge in [0.25, 0.3) is 5.91 Å². The van der Waals surface area contributed by atoms with Crippen LogP contribution in [0.4, 0.5) is 0 Å². The lowest BCUT2D eigenvalue weighted by Crippen LogP contribution is -2.26. The maximum Gasteiger partial charge on any atom is 0.273 e. The summed E-state index contributed by atoms with van der Waals surface area (Å²) in [6.45, 7) is 1.14. The van der Waals surface area contributed by atoms with E-state index in [0.29, 0.717) is 18.8 Å². The molecule has 1 amide bonds. The van der Waals surface area contributed by atoms with E-state index in [2.05, 4.69) is 26.7 Å². The number of rotatable bonds is 6. The number of nitrogens with one attached hydrogen (secondary N) is 2. The molecule has 2 aromatic heterocycles. The van der Waals surface area contributed by atoms with E-state index < -0.39 is 0 Å². The lowest BCUT2D eigenvalue weighted by Gasteiger charge is -2.02. The van der Waals surface area contributed by atoms with Gasteiger partial charge in [0.15, 0.2) is 5.69 Å². The SMILES string of the molecule is O=C(NCCc1c[nH]c2ccccc12)c1cn(Cc2ccccc2)nn1. The van der Waals surface area contributed by atoms with Crippen LogP contribution in [0.2, 0.25) is 0 Å². The number of fused-ring (bicyclic) bond motifs is 1. The smallest absolute Gasteiger partial charge is 0.273 e. The zero-order valence-electron chi connectivity index (χ0n) is 14.2. The van der Waals surface area contributed by atoms with Gasteiger partial charge in [-0.15, -0.1) is 5.10 Å². The second-order valence-corrected chi connectivity index (χ2v) is 6.15. The molecule has 0 spiro atoms. The van der Waals surface area contributed by atoms with Crippen LogP contribution in [-0.2, 0) is 13.0 Å². The monoisotopic (exact) mass is 345 g/mol. The summed E-state index contributed by atoms with van der Waals surface area (Å²) in [7, 11) is 0. The van der Waals surface area contributed by atoms with E-state index >= 15 is 0 Å². The minimum atomic E-state index is -0.204. The van der Waals surface area contributed by atoms with E-state index in [1.54, 1.807) is 10.9 Å². The van der Waals surface area contributed by atoms with Crippen LogP contribution < -0.4 is 5.32 Å². The number of hydrogen-bond acceptors (Lipinski definition) is 3. The summed E-state index contributed by atoms with van der Waals surface area (Å²) in [5.41, 5.74) is 3.75. The third kappa shape index (κ3) is 3.49. The van der Waals surface area contributed by atoms with E-state index in [1.807, 2.05) is 54.7 Å². The number of carbonyl (C=O) groups excluding carboxylic acids is 1. The molecular weight excluding hydrogens is 326 g/mol. The summed E-state index contributed by atoms with van der Waals surface area (Å²) in [4.78, 5) is 15.5. The maximum absolute atomic E-state index is 12.3. The summed E-state index contributed by atoms with van der Waals surface area (Å²) in [5, 5.41) is 12.1. The molecular formula is C20H19N5O. The van der Waals surface area contributed by atoms with Crippen LogP contribution in [-0.4, -0.2) is 32.4 Å². The molecule has 0 bridgehead atoms. The van der Waals surface area contributed by atoms with Gasteiger partial charge in [-0.25, -0.2) is 4.68 Å². The van der Waals surface area contributed by atoms with Crippen LogP contribution in [0.15, 0.2) is 67.0 Å². The van der Waals surface area contributed by atoms with E-state index in [0.717, 1.165) is 17.5 Å². The average molecular weight is 345 g/mol. The molecule has 6 nitrogen and oxygen atoms in total. The fourth-order valence-corrected chi connectivity index (χ4v) is 2.99. The van der Waals surface area contributed by atoms with Gasteiger partial charge in [0, 0.05) is 23.6 Å². The normalized spacial score (nSPS) is 10.9. The summed E-state index contributed by atoms with van der Waals surface area (Å²) in [5.74, 6) is -0.204. The zero-order valence-corrected chi connectivity index (χ0v) is 14.2. The lowest BCUT2D eigenvalue weighted by molar-refractivity contribution is 0.0949. The predicted octanol–water partition coefficient (Wildman–Crippen LogP) is 2.78. The first kappa shape index (κ1) is 16.1. The molecule has 0 saturated carbocycles. The Labute approximate surface area is 150 Å². The number of aromatic amines is 1. The summed E-state index contributed by atoms with van der Waals surface area (Å²) < 4.78 is 1.67. The Hall–Kier alpha value is -3.41. The standard InChI is InChI=1S/C20H19N5O/c26-20(19-14-25(24-23-19)13-15-6-2-1-3-7-15)21-11-10-16-12-22-18-9-5-4-8-17(16)18/h1-9,12,14,22H,10-11,13H2,(H,21,26). The molecule has 4 aromatic rings. The maximum atomic E-state index is 12.3. The third-order valence-electron chi connectivity index (χ3n) is 4.31. The number of nitrogens with zero attached hydrogens (tertiary/aromatic N) is 3. The van der Waals surface area contributed by atoms with E-state index in [1.165, 1.54) is 10.9 Å². The first-order valence-electron chi connectivity index (χ1n) is 8.57. The highest BCUT2D eigenvalue weighted by atomic mass is 16.2. The van der Waals surface area contributed by atoms with Gasteiger partial charge in [-0.3, -0.25) is 4.79 Å². The number of carbonyl (C=O) groups is 1. The van der Waals surface area contributed by atoms with Crippen LogP contribution in [0, 0.1) is 0 Å². The van der Waals surface area contributed by atoms with Gasteiger partial charge < -0.3 is 10.3 Å². The molecule has 2 heterocycles. The number of aromatic nitrogens is 4. The second-order valence-electron chi connectivity index (χ2n) is 6.15. The van der Waals surface area contributed by atoms with Gasteiger partial charge in [0.2, 0.25) is 0 Å². The third-order valence-corrected chi connectivity index (χ3v) is 4.31. The molecule has 6 heteroatoms. The number of para-hydroxylation sites is 1. The Kier molecular flexibility index (Phi) is 4.47. The van der Waals surface area contributed by atoms with E-state index in [4.69, 9.17) is 0 Å². The van der Waals surface area contributed by atoms with Crippen molar-refractivity contribution >= 4 is 16.8 Å². The largest absolute Gasteiger partial charge is 0.361 e. The molecule has 0 unspecified atom stereocenters. The number of H-pyrrole nitrogens is 1. The van der Waals surface area contributed by atoms with Crippen LogP contribution in [0.1, 0.15) is 21.6 Å². The summed E-state index contributed by atoms with van der Waals surface area (Å²) in [6, 6.07) is 18.1. The molecule has 0 aliphatic rings. The molecule has 2 aromatic carbocycles. The lowest BCUT2D eigenvalue weighted by atomic mass is 10.1. The minimum Gasteiger partial charge on any atom is -0.361 e. The van der Waals surface area contributed by atoms with Crippen molar-refractivity contribution in [2.75, 3.05) is 6.54 Å². The fraction of sp³-hybridized carbons (Fsp3) is 0.150. The van der Waals surface area contributed by atoms with E-state index in [-0.39, 0.29) is 5.91 Å². The van der Waals surface area contributed by atoms with Crippen molar-refractivity contribution < 1.29 is 4.79 Å². The van der Waals surface area contributed by atoms with Gasteiger partial charge >= 0.3 is 0 Å². The highest BCUT2D eigenvalue weighted by Crippen LogP contribution is 2.17. The van der Waals surface area contributed by atoms with Gasteiger partial charge in [-0.05, 0) is 23.6 Å². The topological polar surface area (TPSA) is 75.6 Å². The van der Waals surface area contributed by atoms with Crippen LogP contribution in [0.3, 0.4) is 0 Å². The van der Waals surface area contributed by atoms with E-state index in [9.17, 15) is 4.79 Å². The van der Waals surface area contributed by atoms with Crippen molar-refractivity contribution in [2.24, 2.45) is 0 Å². The van der Waals surface area contributed by atoms with Crippen molar-refractivity contribution in [1.82, 2.24) is 25.3 Å². The molecule has 0 radical (unpaired) electrons. The van der Waals surface area contributed by atoms with Crippen molar-refractivity contribution in [1.29, 1.82) is 0 Å². The Balaban J connectivity index is 1.34. The summed E-state index contributed by atoms with van der Waals surface area (Å²) in [6.07, 6.45) is 4.43. The second kappa shape index (κ2) is 7.23. The van der Waals surface area contributed by atoms with Gasteiger partial charge in [-0.1, -0.05) is 53.7 Å². The predicted molar refractivity (Wildman–Crippen MR) is 99.9 cm³/mol. The number of benzene rings is 2. The minimum absolute atomic E-state index is 0.204. The highest BCUT2D eigenvalue weighted by Gasteiger charge is 2.11. The molecule has 26 heavy (non-hydrogen) atoms. The molecule has 0 aliphatic heterocycles. The zero-order chi connectivity index (χ0) is 17.8. The Morgan fingerprint density at radius 2 is 1.88 bits per heavy atom. The molecule has 2 N–H and O–H groups in total. The van der Waals surface area contributed by atoms with Gasteiger partial charge in [0.1, 0.15) is 0 Å². The van der Waals surface area contributed by atoms with Crippen molar-refractivity contribution in [3.05, 3.63) is 83.8 Å². The quantitative estimate of drug-likeness (QED) is 0.564. The Morgan fingerprint density at radius 1 is 1.08 bits per heavy atom. The molecule has 130 valence electrons.